The molecule has 0 atom stereocenters. The van der Waals surface area contributed by atoms with E-state index in [0.717, 1.165) is 31.8 Å². The highest BCUT2D eigenvalue weighted by Gasteiger charge is 2.40. The molecule has 4 rings (SSSR count). The van der Waals surface area contributed by atoms with Crippen LogP contribution in [0.25, 0.3) is 11.4 Å². The van der Waals surface area contributed by atoms with Gasteiger partial charge in [-0.1, -0.05) is 12.1 Å². The van der Waals surface area contributed by atoms with Gasteiger partial charge in [0.15, 0.2) is 5.82 Å². The number of carbonyl (C=O) groups is 1. The average molecular weight is 357 g/mol. The number of nitrogens with one attached hydrogen (secondary N) is 1. The molecule has 138 valence electrons. The zero-order valence-corrected chi connectivity index (χ0v) is 15.2. The Kier molecular flexibility index (Phi) is 4.26. The molecule has 0 saturated carbocycles. The summed E-state index contributed by atoms with van der Waals surface area (Å²) in [6.45, 7) is 6.48. The Morgan fingerprint density at radius 2 is 2.04 bits per heavy atom. The Morgan fingerprint density at radius 1 is 1.27 bits per heavy atom. The van der Waals surface area contributed by atoms with Crippen LogP contribution in [0.2, 0.25) is 0 Å². The summed E-state index contributed by atoms with van der Waals surface area (Å²) in [6, 6.07) is 6.76. The fourth-order valence-electron chi connectivity index (χ4n) is 3.97. The Morgan fingerprint density at radius 3 is 2.73 bits per heavy atom. The van der Waals surface area contributed by atoms with Crippen LogP contribution in [-0.2, 0) is 17.8 Å². The van der Waals surface area contributed by atoms with Crippen molar-refractivity contribution in [3.8, 4) is 11.4 Å². The van der Waals surface area contributed by atoms with Gasteiger partial charge in [0.2, 0.25) is 5.91 Å². The third-order valence-electron chi connectivity index (χ3n) is 5.51. The molecule has 1 amide bonds. The number of hydrogen-bond donors (Lipinski definition) is 1. The zero-order valence-electron chi connectivity index (χ0n) is 15.2. The number of benzene rings is 1. The van der Waals surface area contributed by atoms with Crippen molar-refractivity contribution in [3.63, 3.8) is 0 Å². The quantitative estimate of drug-likeness (QED) is 0.893. The second-order valence-corrected chi connectivity index (χ2v) is 7.65. The van der Waals surface area contributed by atoms with Crippen LogP contribution < -0.4 is 5.32 Å². The molecular formula is C19H24FN5O. The summed E-state index contributed by atoms with van der Waals surface area (Å²) in [4.78, 5) is 19.5. The third kappa shape index (κ3) is 3.23. The van der Waals surface area contributed by atoms with Gasteiger partial charge in [-0.15, -0.1) is 0 Å². The molecule has 1 aromatic carbocycles. The molecule has 0 bridgehead atoms. The van der Waals surface area contributed by atoms with Crippen molar-refractivity contribution in [2.24, 2.45) is 0 Å². The summed E-state index contributed by atoms with van der Waals surface area (Å²) >= 11 is 0. The molecule has 0 unspecified atom stereocenters. The first-order chi connectivity index (χ1) is 12.4. The topological polar surface area (TPSA) is 63.1 Å². The minimum absolute atomic E-state index is 0.0301. The summed E-state index contributed by atoms with van der Waals surface area (Å²) < 4.78 is 15.2. The van der Waals surface area contributed by atoms with Crippen molar-refractivity contribution in [2.75, 3.05) is 13.1 Å². The van der Waals surface area contributed by atoms with Crippen molar-refractivity contribution in [3.05, 3.63) is 35.9 Å². The number of aromatic nitrogens is 3. The van der Waals surface area contributed by atoms with E-state index in [-0.39, 0.29) is 23.8 Å². The maximum absolute atomic E-state index is 13.5. The first-order valence-corrected chi connectivity index (χ1v) is 9.19. The lowest BCUT2D eigenvalue weighted by atomic mass is 9.83. The summed E-state index contributed by atoms with van der Waals surface area (Å²) in [6.07, 6.45) is 2.46. The van der Waals surface area contributed by atoms with E-state index in [9.17, 15) is 9.18 Å². The van der Waals surface area contributed by atoms with Crippen molar-refractivity contribution in [2.45, 2.75) is 51.2 Å². The van der Waals surface area contributed by atoms with E-state index in [0.29, 0.717) is 23.9 Å². The van der Waals surface area contributed by atoms with Crippen LogP contribution in [-0.4, -0.2) is 50.2 Å². The lowest BCUT2D eigenvalue weighted by Crippen LogP contribution is -2.57. The summed E-state index contributed by atoms with van der Waals surface area (Å²) in [5.74, 6) is 0.921. The van der Waals surface area contributed by atoms with Crippen LogP contribution in [0.1, 0.15) is 32.5 Å². The van der Waals surface area contributed by atoms with Gasteiger partial charge < -0.3 is 10.2 Å². The van der Waals surface area contributed by atoms with Crippen LogP contribution in [0.3, 0.4) is 0 Å². The van der Waals surface area contributed by atoms with Gasteiger partial charge in [0.1, 0.15) is 18.2 Å². The second-order valence-electron chi connectivity index (χ2n) is 7.65. The molecule has 1 fully saturated rings. The molecule has 2 aliphatic heterocycles. The van der Waals surface area contributed by atoms with E-state index in [1.54, 1.807) is 16.8 Å². The van der Waals surface area contributed by atoms with Crippen molar-refractivity contribution >= 4 is 5.91 Å². The summed E-state index contributed by atoms with van der Waals surface area (Å²) in [5, 5.41) is 7.69. The molecule has 26 heavy (non-hydrogen) atoms. The van der Waals surface area contributed by atoms with Gasteiger partial charge in [0, 0.05) is 36.7 Å². The Bertz CT molecular complexity index is 823. The van der Waals surface area contributed by atoms with Gasteiger partial charge in [0.05, 0.1) is 0 Å². The van der Waals surface area contributed by atoms with E-state index in [1.807, 2.05) is 0 Å². The number of hydrogen-bond acceptors (Lipinski definition) is 4. The standard InChI is InChI=1S/C19H24FN5O/c1-13(2)24-8-6-19(7-9-24)11-16-21-18(14-4-3-5-15(20)10-14)23-25(16)12-17(26)22-19/h3-5,10,13H,6-9,11-12H2,1-2H3,(H,22,26). The van der Waals surface area contributed by atoms with E-state index in [4.69, 9.17) is 0 Å². The minimum atomic E-state index is -0.317. The lowest BCUT2D eigenvalue weighted by molar-refractivity contribution is -0.123. The number of amides is 1. The van der Waals surface area contributed by atoms with Crippen molar-refractivity contribution < 1.29 is 9.18 Å². The number of fused-ring (bicyclic) bond motifs is 1. The van der Waals surface area contributed by atoms with E-state index < -0.39 is 0 Å². The van der Waals surface area contributed by atoms with Crippen molar-refractivity contribution in [1.82, 2.24) is 25.0 Å². The SMILES string of the molecule is CC(C)N1CCC2(CC1)Cc1nc(-c3cccc(F)c3)nn1CC(=O)N2. The van der Waals surface area contributed by atoms with Crippen molar-refractivity contribution in [1.29, 1.82) is 0 Å². The van der Waals surface area contributed by atoms with Crippen LogP contribution in [0.5, 0.6) is 0 Å². The smallest absolute Gasteiger partial charge is 0.242 e. The second kappa shape index (κ2) is 6.46. The molecular weight excluding hydrogens is 333 g/mol. The maximum atomic E-state index is 13.5. The van der Waals surface area contributed by atoms with Gasteiger partial charge in [-0.3, -0.25) is 4.79 Å². The van der Waals surface area contributed by atoms with E-state index in [1.165, 1.54) is 12.1 Å². The number of nitrogens with zero attached hydrogens (tertiary/aromatic N) is 4. The highest BCUT2D eigenvalue weighted by molar-refractivity contribution is 5.77. The lowest BCUT2D eigenvalue weighted by Gasteiger charge is -2.42. The Hall–Kier alpha value is -2.28. The first-order valence-electron chi connectivity index (χ1n) is 9.19. The summed E-state index contributed by atoms with van der Waals surface area (Å²) in [5.41, 5.74) is 0.373. The number of halogens is 1. The van der Waals surface area contributed by atoms with Crippen LogP contribution in [0, 0.1) is 5.82 Å². The molecule has 0 aliphatic carbocycles. The molecule has 1 aromatic heterocycles. The number of rotatable bonds is 2. The molecule has 6 nitrogen and oxygen atoms in total. The summed E-state index contributed by atoms with van der Waals surface area (Å²) in [7, 11) is 0. The Balaban J connectivity index is 1.62. The van der Waals surface area contributed by atoms with Gasteiger partial charge in [-0.2, -0.15) is 5.10 Å². The maximum Gasteiger partial charge on any atom is 0.242 e. The molecule has 1 saturated heterocycles. The normalized spacial score (nSPS) is 20.1. The van der Waals surface area contributed by atoms with Gasteiger partial charge in [-0.05, 0) is 38.8 Å². The van der Waals surface area contributed by atoms with Gasteiger partial charge >= 0.3 is 0 Å². The average Bonchev–Trinajstić information content (AvgIpc) is 2.92. The van der Waals surface area contributed by atoms with Gasteiger partial charge in [-0.25, -0.2) is 14.1 Å². The molecule has 1 N–H and O–H groups in total. The monoisotopic (exact) mass is 357 g/mol. The van der Waals surface area contributed by atoms with Crippen LogP contribution in [0.15, 0.2) is 24.3 Å². The van der Waals surface area contributed by atoms with E-state index in [2.05, 4.69) is 34.1 Å². The molecule has 0 radical (unpaired) electrons. The predicted molar refractivity (Wildman–Crippen MR) is 95.9 cm³/mol. The van der Waals surface area contributed by atoms with E-state index >= 15 is 0 Å². The minimum Gasteiger partial charge on any atom is -0.349 e. The molecule has 2 aromatic rings. The highest BCUT2D eigenvalue weighted by Crippen LogP contribution is 2.29. The fraction of sp³-hybridized carbons (Fsp3) is 0.526. The molecule has 2 aliphatic rings. The zero-order chi connectivity index (χ0) is 18.3. The largest absolute Gasteiger partial charge is 0.349 e. The Labute approximate surface area is 152 Å². The number of carbonyl (C=O) groups excluding carboxylic acids is 1. The fourth-order valence-corrected chi connectivity index (χ4v) is 3.97. The van der Waals surface area contributed by atoms with Gasteiger partial charge in [0.25, 0.3) is 0 Å². The van der Waals surface area contributed by atoms with Crippen LogP contribution in [0.4, 0.5) is 4.39 Å². The number of piperidine rings is 1. The number of likely N-dealkylation sites (tertiary alicyclic amines) is 1. The third-order valence-corrected chi connectivity index (χ3v) is 5.51. The van der Waals surface area contributed by atoms with Crippen LogP contribution >= 0.6 is 0 Å². The predicted octanol–water partition coefficient (Wildman–Crippen LogP) is 2.00. The highest BCUT2D eigenvalue weighted by atomic mass is 19.1. The molecule has 1 spiro atoms. The molecule has 3 heterocycles. The first kappa shape index (κ1) is 17.1. The molecule has 7 heteroatoms.